The molecule has 2 saturated heterocycles. The average Bonchev–Trinajstić information content (AvgIpc) is 3.57. The van der Waals surface area contributed by atoms with E-state index in [-0.39, 0.29) is 23.8 Å². The number of nitrogens with two attached hydrogens (primary N) is 3. The molecule has 0 unspecified atom stereocenters. The van der Waals surface area contributed by atoms with E-state index in [4.69, 9.17) is 17.2 Å². The number of para-hydroxylation sites is 1. The Bertz CT molecular complexity index is 1340. The number of aromatic nitrogens is 1. The first-order valence-electron chi connectivity index (χ1n) is 13.9. The van der Waals surface area contributed by atoms with Crippen molar-refractivity contribution in [2.75, 3.05) is 6.54 Å². The Balaban J connectivity index is 1.33. The normalized spacial score (nSPS) is 23.9. The Labute approximate surface area is 237 Å². The number of nitrogens with one attached hydrogen (secondary N) is 2. The van der Waals surface area contributed by atoms with E-state index in [9.17, 15) is 14.7 Å². The van der Waals surface area contributed by atoms with Crippen LogP contribution in [0.2, 0.25) is 0 Å². The molecule has 5 rings (SSSR count). The van der Waals surface area contributed by atoms with Crippen molar-refractivity contribution in [3.8, 4) is 0 Å². The minimum Gasteiger partial charge on any atom is -0.384 e. The van der Waals surface area contributed by atoms with E-state index in [1.54, 1.807) is 4.90 Å². The Kier molecular flexibility index (Phi) is 8.34. The number of hydrogen-bond donors (Lipinski definition) is 6. The molecule has 2 fully saturated rings. The lowest BCUT2D eigenvalue weighted by Crippen LogP contribution is -2.78. The zero-order chi connectivity index (χ0) is 28.3. The third-order valence-electron chi connectivity index (χ3n) is 8.04. The van der Waals surface area contributed by atoms with Gasteiger partial charge in [0.05, 0.1) is 28.3 Å². The molecule has 0 aliphatic carbocycles. The topological polar surface area (TPSA) is 175 Å². The van der Waals surface area contributed by atoms with E-state index in [0.29, 0.717) is 43.7 Å². The fourth-order valence-electron chi connectivity index (χ4n) is 5.97. The summed E-state index contributed by atoms with van der Waals surface area (Å²) in [5, 5.41) is 15.0. The molecule has 1 aromatic heterocycles. The number of carbonyl (C=O) groups is 2. The number of amides is 2. The monoisotopic (exact) mass is 564 g/mol. The van der Waals surface area contributed by atoms with Gasteiger partial charge in [0, 0.05) is 6.04 Å². The molecular weight excluding hydrogens is 526 g/mol. The van der Waals surface area contributed by atoms with Crippen LogP contribution < -0.4 is 27.5 Å². The SMILES string of the molecule is NC(N)=[NH+]CCC[C@H](NC(=O)[C@@H]1CC[C@@H]2CC[C@](N)(Cc3ccccc3)C(=O)N21)[C@H](O)c1nc2ccccc2s1. The van der Waals surface area contributed by atoms with E-state index < -0.39 is 23.7 Å². The third-order valence-corrected chi connectivity index (χ3v) is 9.15. The van der Waals surface area contributed by atoms with Gasteiger partial charge in [-0.05, 0) is 62.6 Å². The van der Waals surface area contributed by atoms with Gasteiger partial charge in [0.15, 0.2) is 0 Å². The standard InChI is InChI=1S/C29H37N7O3S/c30-28(31)33-16-6-10-21(24(37)26-35-20-9-4-5-11-23(20)40-26)34-25(38)22-13-12-19-14-15-29(32,27(39)36(19)22)17-18-7-2-1-3-8-18/h1-5,7-9,11,19,21-22,24,37H,6,10,12-17,32H2,(H,34,38)(H4,30,31,33)/p+1/t19-,21+,22+,24+,29+/m1/s1. The maximum atomic E-state index is 13.8. The molecule has 3 heterocycles. The Morgan fingerprint density at radius 2 is 1.90 bits per heavy atom. The number of hydrogen-bond acceptors (Lipinski definition) is 6. The van der Waals surface area contributed by atoms with Crippen molar-refractivity contribution < 1.29 is 19.7 Å². The minimum atomic E-state index is -1.05. The van der Waals surface area contributed by atoms with Gasteiger partial charge in [-0.3, -0.25) is 26.0 Å². The lowest BCUT2D eigenvalue weighted by atomic mass is 9.81. The summed E-state index contributed by atoms with van der Waals surface area (Å²) in [6, 6.07) is 16.2. The second kappa shape index (κ2) is 11.9. The second-order valence-electron chi connectivity index (χ2n) is 10.9. The summed E-state index contributed by atoms with van der Waals surface area (Å²) in [4.78, 5) is 36.7. The molecule has 2 amide bonds. The zero-order valence-electron chi connectivity index (χ0n) is 22.5. The molecule has 0 saturated carbocycles. The van der Waals surface area contributed by atoms with E-state index in [1.807, 2.05) is 54.6 Å². The number of thiazole rings is 1. The molecule has 10 nitrogen and oxygen atoms in total. The number of nitrogens with zero attached hydrogens (tertiary/aromatic N) is 2. The highest BCUT2D eigenvalue weighted by Crippen LogP contribution is 2.37. The van der Waals surface area contributed by atoms with E-state index in [1.165, 1.54) is 11.3 Å². The van der Waals surface area contributed by atoms with Gasteiger partial charge in [0.2, 0.25) is 11.8 Å². The number of aliphatic hydroxyl groups is 1. The van der Waals surface area contributed by atoms with Gasteiger partial charge in [-0.15, -0.1) is 11.3 Å². The first-order chi connectivity index (χ1) is 19.2. The highest BCUT2D eigenvalue weighted by Gasteiger charge is 2.51. The summed E-state index contributed by atoms with van der Waals surface area (Å²) >= 11 is 1.40. The molecular formula is C29H38N7O3S+. The molecule has 40 heavy (non-hydrogen) atoms. The van der Waals surface area contributed by atoms with Crippen LogP contribution >= 0.6 is 11.3 Å². The maximum Gasteiger partial charge on any atom is 0.338 e. The van der Waals surface area contributed by atoms with Crippen molar-refractivity contribution in [3.05, 3.63) is 65.2 Å². The summed E-state index contributed by atoms with van der Waals surface area (Å²) in [6.45, 7) is 0.493. The molecule has 212 valence electrons. The highest BCUT2D eigenvalue weighted by atomic mass is 32.1. The summed E-state index contributed by atoms with van der Waals surface area (Å²) in [6.07, 6.45) is 3.15. The number of fused-ring (bicyclic) bond motifs is 2. The average molecular weight is 565 g/mol. The van der Waals surface area contributed by atoms with Crippen LogP contribution in [-0.2, 0) is 16.0 Å². The summed E-state index contributed by atoms with van der Waals surface area (Å²) in [5.41, 5.74) is 18.5. The summed E-state index contributed by atoms with van der Waals surface area (Å²) in [7, 11) is 0. The maximum absolute atomic E-state index is 13.8. The number of rotatable bonds is 10. The summed E-state index contributed by atoms with van der Waals surface area (Å²) in [5.74, 6) is -0.330. The van der Waals surface area contributed by atoms with Crippen molar-refractivity contribution in [1.82, 2.24) is 15.2 Å². The molecule has 0 spiro atoms. The zero-order valence-corrected chi connectivity index (χ0v) is 23.3. The largest absolute Gasteiger partial charge is 0.384 e. The Hall–Kier alpha value is -3.54. The van der Waals surface area contributed by atoms with E-state index in [0.717, 1.165) is 28.6 Å². The van der Waals surface area contributed by atoms with Crippen LogP contribution in [0.1, 0.15) is 55.2 Å². The molecule has 3 aromatic rings. The molecule has 5 atom stereocenters. The lowest BCUT2D eigenvalue weighted by Gasteiger charge is -2.43. The Morgan fingerprint density at radius 1 is 1.15 bits per heavy atom. The summed E-state index contributed by atoms with van der Waals surface area (Å²) < 4.78 is 0.962. The predicted molar refractivity (Wildman–Crippen MR) is 155 cm³/mol. The molecule has 0 radical (unpaired) electrons. The van der Waals surface area contributed by atoms with Crippen LogP contribution in [0.15, 0.2) is 54.6 Å². The third kappa shape index (κ3) is 5.96. The van der Waals surface area contributed by atoms with Crippen LogP contribution in [0.3, 0.4) is 0 Å². The number of benzene rings is 2. The predicted octanol–water partition coefficient (Wildman–Crippen LogP) is 0.0423. The lowest BCUT2D eigenvalue weighted by molar-refractivity contribution is -0.459. The van der Waals surface area contributed by atoms with Gasteiger partial charge in [0.1, 0.15) is 17.2 Å². The molecule has 0 bridgehead atoms. The van der Waals surface area contributed by atoms with Gasteiger partial charge < -0.3 is 21.1 Å². The van der Waals surface area contributed by atoms with Crippen LogP contribution in [0.4, 0.5) is 0 Å². The van der Waals surface area contributed by atoms with Gasteiger partial charge in [-0.25, -0.2) is 4.98 Å². The second-order valence-corrected chi connectivity index (χ2v) is 12.0. The first kappa shape index (κ1) is 28.0. The fourth-order valence-corrected chi connectivity index (χ4v) is 6.99. The molecule has 2 aliphatic rings. The van der Waals surface area contributed by atoms with Crippen molar-refractivity contribution >= 4 is 39.3 Å². The molecule has 2 aliphatic heterocycles. The van der Waals surface area contributed by atoms with Crippen LogP contribution in [0, 0.1) is 0 Å². The van der Waals surface area contributed by atoms with Crippen LogP contribution in [0.25, 0.3) is 10.2 Å². The Morgan fingerprint density at radius 3 is 2.65 bits per heavy atom. The van der Waals surface area contributed by atoms with E-state index in [2.05, 4.69) is 15.3 Å². The molecule has 9 N–H and O–H groups in total. The quantitative estimate of drug-likeness (QED) is 0.114. The smallest absolute Gasteiger partial charge is 0.338 e. The van der Waals surface area contributed by atoms with Crippen LogP contribution in [-0.4, -0.2) is 63.0 Å². The van der Waals surface area contributed by atoms with Crippen molar-refractivity contribution in [1.29, 1.82) is 0 Å². The van der Waals surface area contributed by atoms with Gasteiger partial charge in [-0.1, -0.05) is 42.5 Å². The molecule has 11 heteroatoms. The van der Waals surface area contributed by atoms with Crippen molar-refractivity contribution in [3.63, 3.8) is 0 Å². The fraction of sp³-hybridized carbons (Fsp3) is 0.448. The van der Waals surface area contributed by atoms with Crippen molar-refractivity contribution in [2.45, 2.75) is 74.7 Å². The highest BCUT2D eigenvalue weighted by molar-refractivity contribution is 7.18. The van der Waals surface area contributed by atoms with Gasteiger partial charge >= 0.3 is 5.96 Å². The number of guanidine groups is 1. The van der Waals surface area contributed by atoms with E-state index >= 15 is 0 Å². The minimum absolute atomic E-state index is 0.00407. The van der Waals surface area contributed by atoms with Gasteiger partial charge in [-0.2, -0.15) is 0 Å². The first-order valence-corrected chi connectivity index (χ1v) is 14.7. The molecule has 2 aromatic carbocycles. The van der Waals surface area contributed by atoms with Gasteiger partial charge in [0.25, 0.3) is 0 Å². The number of piperidine rings is 1. The number of carbonyl (C=O) groups excluding carboxylic acids is 2. The van der Waals surface area contributed by atoms with Crippen LogP contribution in [0.5, 0.6) is 0 Å². The number of aliphatic hydroxyl groups excluding tert-OH is 1. The van der Waals surface area contributed by atoms with Crippen molar-refractivity contribution in [2.24, 2.45) is 17.2 Å².